The standard InChI is InChI=1S/C20H28F4N2O2/c1-19(2,3)17(27)12-26-6-4-13(5-7-26)8-18(28)25-16-10-14(20(22,23)24)9-15(21)11-16/h9-11,13,17,27H,4-8,12H2,1-3H3,(H,25,28). The number of hydrogen-bond acceptors (Lipinski definition) is 3. The number of anilines is 1. The molecule has 0 radical (unpaired) electrons. The van der Waals surface area contributed by atoms with E-state index in [4.69, 9.17) is 0 Å². The van der Waals surface area contributed by atoms with E-state index < -0.39 is 29.6 Å². The van der Waals surface area contributed by atoms with E-state index in [1.807, 2.05) is 20.8 Å². The Kier molecular flexibility index (Phi) is 7.09. The van der Waals surface area contributed by atoms with Crippen LogP contribution in [-0.4, -0.2) is 41.7 Å². The van der Waals surface area contributed by atoms with Gasteiger partial charge in [-0.1, -0.05) is 20.8 Å². The van der Waals surface area contributed by atoms with Crippen LogP contribution < -0.4 is 5.32 Å². The van der Waals surface area contributed by atoms with E-state index in [-0.39, 0.29) is 23.4 Å². The molecule has 1 aromatic carbocycles. The summed E-state index contributed by atoms with van der Waals surface area (Å²) in [6.45, 7) is 8.01. The second-order valence-electron chi connectivity index (χ2n) is 8.60. The van der Waals surface area contributed by atoms with Gasteiger partial charge in [-0.05, 0) is 55.5 Å². The number of carbonyl (C=O) groups is 1. The van der Waals surface area contributed by atoms with Crippen molar-refractivity contribution in [2.75, 3.05) is 25.0 Å². The first kappa shape index (κ1) is 22.6. The van der Waals surface area contributed by atoms with Crippen molar-refractivity contribution in [3.05, 3.63) is 29.6 Å². The summed E-state index contributed by atoms with van der Waals surface area (Å²) in [4.78, 5) is 14.3. The highest BCUT2D eigenvalue weighted by Crippen LogP contribution is 2.32. The molecule has 0 bridgehead atoms. The molecule has 1 aromatic rings. The number of piperidine rings is 1. The molecule has 1 unspecified atom stereocenters. The van der Waals surface area contributed by atoms with Crippen molar-refractivity contribution in [2.45, 2.75) is 52.3 Å². The lowest BCUT2D eigenvalue weighted by molar-refractivity contribution is -0.137. The maximum absolute atomic E-state index is 13.4. The van der Waals surface area contributed by atoms with Gasteiger partial charge in [0.05, 0.1) is 11.7 Å². The van der Waals surface area contributed by atoms with Gasteiger partial charge < -0.3 is 15.3 Å². The zero-order valence-corrected chi connectivity index (χ0v) is 16.4. The fraction of sp³-hybridized carbons (Fsp3) is 0.650. The molecule has 0 saturated carbocycles. The summed E-state index contributed by atoms with van der Waals surface area (Å²) in [5.74, 6) is -1.36. The second-order valence-corrected chi connectivity index (χ2v) is 8.60. The molecule has 0 aromatic heterocycles. The number of amides is 1. The van der Waals surface area contributed by atoms with Crippen LogP contribution in [0.5, 0.6) is 0 Å². The monoisotopic (exact) mass is 404 g/mol. The van der Waals surface area contributed by atoms with Gasteiger partial charge in [0, 0.05) is 18.7 Å². The zero-order valence-electron chi connectivity index (χ0n) is 16.4. The Hall–Kier alpha value is -1.67. The van der Waals surface area contributed by atoms with Crippen LogP contribution in [0, 0.1) is 17.2 Å². The van der Waals surface area contributed by atoms with E-state index in [0.29, 0.717) is 12.6 Å². The van der Waals surface area contributed by atoms with E-state index in [2.05, 4.69) is 10.2 Å². The number of benzene rings is 1. The minimum Gasteiger partial charge on any atom is -0.391 e. The Bertz CT molecular complexity index is 678. The SMILES string of the molecule is CC(C)(C)C(O)CN1CCC(CC(=O)Nc2cc(F)cc(C(F)(F)F)c2)CC1. The van der Waals surface area contributed by atoms with Crippen LogP contribution in [0.4, 0.5) is 23.2 Å². The number of nitrogens with one attached hydrogen (secondary N) is 1. The third-order valence-electron chi connectivity index (χ3n) is 5.12. The summed E-state index contributed by atoms with van der Waals surface area (Å²) >= 11 is 0. The number of nitrogens with zero attached hydrogens (tertiary/aromatic N) is 1. The topological polar surface area (TPSA) is 52.6 Å². The van der Waals surface area contributed by atoms with E-state index in [0.717, 1.165) is 38.1 Å². The molecule has 4 nitrogen and oxygen atoms in total. The van der Waals surface area contributed by atoms with Gasteiger partial charge in [0.25, 0.3) is 0 Å². The Balaban J connectivity index is 1.84. The van der Waals surface area contributed by atoms with Gasteiger partial charge >= 0.3 is 6.18 Å². The first-order valence-corrected chi connectivity index (χ1v) is 9.42. The zero-order chi connectivity index (χ0) is 21.1. The third-order valence-corrected chi connectivity index (χ3v) is 5.12. The van der Waals surface area contributed by atoms with Crippen LogP contribution in [0.15, 0.2) is 18.2 Å². The molecule has 8 heteroatoms. The van der Waals surface area contributed by atoms with Crippen LogP contribution >= 0.6 is 0 Å². The number of hydrogen-bond donors (Lipinski definition) is 2. The normalized spacial score (nSPS) is 18.1. The molecule has 1 saturated heterocycles. The largest absolute Gasteiger partial charge is 0.416 e. The molecule has 1 heterocycles. The molecule has 0 spiro atoms. The molecule has 1 amide bonds. The molecule has 1 fully saturated rings. The van der Waals surface area contributed by atoms with Gasteiger partial charge in [0.15, 0.2) is 0 Å². The Morgan fingerprint density at radius 2 is 1.82 bits per heavy atom. The highest BCUT2D eigenvalue weighted by atomic mass is 19.4. The van der Waals surface area contributed by atoms with E-state index >= 15 is 0 Å². The quantitative estimate of drug-likeness (QED) is 0.720. The molecular weight excluding hydrogens is 376 g/mol. The molecule has 2 N–H and O–H groups in total. The van der Waals surface area contributed by atoms with Crippen molar-refractivity contribution in [1.82, 2.24) is 4.90 Å². The van der Waals surface area contributed by atoms with E-state index in [1.54, 1.807) is 0 Å². The van der Waals surface area contributed by atoms with Crippen molar-refractivity contribution < 1.29 is 27.5 Å². The number of rotatable bonds is 5. The smallest absolute Gasteiger partial charge is 0.391 e. The minimum atomic E-state index is -4.67. The van der Waals surface area contributed by atoms with Gasteiger partial charge in [-0.15, -0.1) is 0 Å². The molecular formula is C20H28F4N2O2. The Labute approximate surface area is 162 Å². The van der Waals surface area contributed by atoms with E-state index in [9.17, 15) is 27.5 Å². The molecule has 28 heavy (non-hydrogen) atoms. The van der Waals surface area contributed by atoms with E-state index in [1.165, 1.54) is 0 Å². The van der Waals surface area contributed by atoms with Crippen molar-refractivity contribution in [3.63, 3.8) is 0 Å². The summed E-state index contributed by atoms with van der Waals surface area (Å²) in [5, 5.41) is 12.6. The number of likely N-dealkylation sites (tertiary alicyclic amines) is 1. The minimum absolute atomic E-state index is 0.110. The van der Waals surface area contributed by atoms with Crippen LogP contribution in [0.25, 0.3) is 0 Å². The first-order valence-electron chi connectivity index (χ1n) is 9.42. The number of aliphatic hydroxyl groups is 1. The van der Waals surface area contributed by atoms with Gasteiger partial charge in [0.1, 0.15) is 5.82 Å². The van der Waals surface area contributed by atoms with Gasteiger partial charge in [-0.25, -0.2) is 4.39 Å². The van der Waals surface area contributed by atoms with Gasteiger partial charge in [-0.2, -0.15) is 13.2 Å². The molecule has 158 valence electrons. The maximum Gasteiger partial charge on any atom is 0.416 e. The summed E-state index contributed by atoms with van der Waals surface area (Å²) in [6, 6.07) is 2.01. The van der Waals surface area contributed by atoms with Crippen molar-refractivity contribution in [3.8, 4) is 0 Å². The van der Waals surface area contributed by atoms with Crippen LogP contribution in [0.1, 0.15) is 45.6 Å². The first-order chi connectivity index (χ1) is 12.8. The highest BCUT2D eigenvalue weighted by molar-refractivity contribution is 5.91. The number of alkyl halides is 3. The number of β-amino-alcohol motifs (C(OH)–C–C–N with tert-alkyl or cyclic N) is 1. The lowest BCUT2D eigenvalue weighted by Gasteiger charge is -2.36. The van der Waals surface area contributed by atoms with Crippen LogP contribution in [0.2, 0.25) is 0 Å². The summed E-state index contributed by atoms with van der Waals surface area (Å²) < 4.78 is 51.7. The molecule has 1 aliphatic heterocycles. The maximum atomic E-state index is 13.4. The third kappa shape index (κ3) is 6.74. The van der Waals surface area contributed by atoms with Gasteiger partial charge in [-0.3, -0.25) is 4.79 Å². The fourth-order valence-electron chi connectivity index (χ4n) is 3.19. The van der Waals surface area contributed by atoms with Crippen LogP contribution in [0.3, 0.4) is 0 Å². The molecule has 1 aliphatic rings. The van der Waals surface area contributed by atoms with Crippen LogP contribution in [-0.2, 0) is 11.0 Å². The number of aliphatic hydroxyl groups excluding tert-OH is 1. The average Bonchev–Trinajstić information content (AvgIpc) is 2.54. The Morgan fingerprint density at radius 3 is 2.36 bits per heavy atom. The second kappa shape index (κ2) is 8.78. The molecule has 1 atom stereocenters. The summed E-state index contributed by atoms with van der Waals surface area (Å²) in [5.41, 5.74) is -1.52. The average molecular weight is 404 g/mol. The predicted octanol–water partition coefficient (Wildman–Crippen LogP) is 4.29. The highest BCUT2D eigenvalue weighted by Gasteiger charge is 2.32. The molecule has 0 aliphatic carbocycles. The summed E-state index contributed by atoms with van der Waals surface area (Å²) in [7, 11) is 0. The fourth-order valence-corrected chi connectivity index (χ4v) is 3.19. The lowest BCUT2D eigenvalue weighted by atomic mass is 9.87. The van der Waals surface area contributed by atoms with Crippen molar-refractivity contribution in [1.29, 1.82) is 0 Å². The number of carbonyl (C=O) groups excluding carboxylic acids is 1. The number of halogens is 4. The summed E-state index contributed by atoms with van der Waals surface area (Å²) in [6.07, 6.45) is -3.41. The lowest BCUT2D eigenvalue weighted by Crippen LogP contribution is -2.43. The van der Waals surface area contributed by atoms with Gasteiger partial charge in [0.2, 0.25) is 5.91 Å². The molecule has 2 rings (SSSR count). The van der Waals surface area contributed by atoms with Crippen molar-refractivity contribution >= 4 is 11.6 Å². The Morgan fingerprint density at radius 1 is 1.21 bits per heavy atom. The van der Waals surface area contributed by atoms with Crippen molar-refractivity contribution in [2.24, 2.45) is 11.3 Å². The predicted molar refractivity (Wildman–Crippen MR) is 99.3 cm³/mol.